The number of rotatable bonds is 3. The van der Waals surface area contributed by atoms with Crippen molar-refractivity contribution in [2.45, 2.75) is 25.8 Å². The summed E-state index contributed by atoms with van der Waals surface area (Å²) in [5.74, 6) is 2.10. The predicted octanol–water partition coefficient (Wildman–Crippen LogP) is 1.05. The average molecular weight is 236 g/mol. The highest BCUT2D eigenvalue weighted by atomic mass is 16.5. The number of hydrogen-bond acceptors (Lipinski definition) is 5. The molecule has 2 heterocycles. The van der Waals surface area contributed by atoms with Gasteiger partial charge in [-0.15, -0.1) is 0 Å². The molecule has 2 rings (SSSR count). The van der Waals surface area contributed by atoms with Gasteiger partial charge in [-0.25, -0.2) is 9.97 Å². The molecular formula is C12H20N4O. The van der Waals surface area contributed by atoms with E-state index < -0.39 is 0 Å². The van der Waals surface area contributed by atoms with Gasteiger partial charge in [0, 0.05) is 18.7 Å². The van der Waals surface area contributed by atoms with Crippen LogP contribution in [0.15, 0.2) is 12.4 Å². The Morgan fingerprint density at radius 1 is 1.47 bits per heavy atom. The third-order valence-electron chi connectivity index (χ3n) is 3.44. The Hall–Kier alpha value is -1.36. The standard InChI is InChI=1S/C12H20N4O/c1-9-3-4-10(6-13)7-16(9)11-5-12(17-2)15-8-14-11/h5,8-10H,3-4,6-7,13H2,1-2H3. The quantitative estimate of drug-likeness (QED) is 0.849. The minimum atomic E-state index is 0.498. The lowest BCUT2D eigenvalue weighted by Crippen LogP contribution is -2.44. The molecule has 1 aliphatic rings. The van der Waals surface area contributed by atoms with Crippen LogP contribution in [0.3, 0.4) is 0 Å². The van der Waals surface area contributed by atoms with Gasteiger partial charge in [0.1, 0.15) is 12.1 Å². The van der Waals surface area contributed by atoms with Crippen molar-refractivity contribution >= 4 is 5.82 Å². The van der Waals surface area contributed by atoms with Crippen LogP contribution in [-0.2, 0) is 0 Å². The summed E-state index contributed by atoms with van der Waals surface area (Å²) in [6, 6.07) is 2.38. The molecule has 1 aliphatic heterocycles. The third kappa shape index (κ3) is 2.66. The van der Waals surface area contributed by atoms with Gasteiger partial charge in [0.2, 0.25) is 5.88 Å². The molecule has 0 aliphatic carbocycles. The molecule has 0 bridgehead atoms. The zero-order valence-corrected chi connectivity index (χ0v) is 10.5. The molecule has 5 heteroatoms. The maximum atomic E-state index is 5.76. The van der Waals surface area contributed by atoms with E-state index >= 15 is 0 Å². The molecule has 1 fully saturated rings. The van der Waals surface area contributed by atoms with Gasteiger partial charge in [-0.1, -0.05) is 0 Å². The van der Waals surface area contributed by atoms with Crippen molar-refractivity contribution < 1.29 is 4.74 Å². The van der Waals surface area contributed by atoms with Crippen LogP contribution in [0.4, 0.5) is 5.82 Å². The van der Waals surface area contributed by atoms with E-state index in [1.165, 1.54) is 6.42 Å². The minimum absolute atomic E-state index is 0.498. The topological polar surface area (TPSA) is 64.3 Å². The predicted molar refractivity (Wildman–Crippen MR) is 67.2 cm³/mol. The van der Waals surface area contributed by atoms with Crippen LogP contribution < -0.4 is 15.4 Å². The lowest BCUT2D eigenvalue weighted by atomic mass is 9.93. The summed E-state index contributed by atoms with van der Waals surface area (Å²) < 4.78 is 5.13. The largest absolute Gasteiger partial charge is 0.481 e. The molecule has 0 radical (unpaired) electrons. The summed E-state index contributed by atoms with van der Waals surface area (Å²) in [5.41, 5.74) is 5.76. The van der Waals surface area contributed by atoms with E-state index in [0.717, 1.165) is 25.3 Å². The van der Waals surface area contributed by atoms with Gasteiger partial charge < -0.3 is 15.4 Å². The van der Waals surface area contributed by atoms with E-state index in [2.05, 4.69) is 21.8 Å². The second-order valence-electron chi connectivity index (χ2n) is 4.60. The number of piperidine rings is 1. The van der Waals surface area contributed by atoms with Gasteiger partial charge in [-0.3, -0.25) is 0 Å². The van der Waals surface area contributed by atoms with E-state index in [9.17, 15) is 0 Å². The highest BCUT2D eigenvalue weighted by Crippen LogP contribution is 2.26. The molecule has 0 spiro atoms. The first-order valence-corrected chi connectivity index (χ1v) is 6.07. The first kappa shape index (κ1) is 12.1. The van der Waals surface area contributed by atoms with Gasteiger partial charge >= 0.3 is 0 Å². The second kappa shape index (κ2) is 5.31. The highest BCUT2D eigenvalue weighted by molar-refractivity contribution is 5.42. The highest BCUT2D eigenvalue weighted by Gasteiger charge is 2.25. The van der Waals surface area contributed by atoms with Crippen LogP contribution >= 0.6 is 0 Å². The van der Waals surface area contributed by atoms with Crippen molar-refractivity contribution in [1.82, 2.24) is 9.97 Å². The van der Waals surface area contributed by atoms with Gasteiger partial charge in [0.05, 0.1) is 7.11 Å². The lowest BCUT2D eigenvalue weighted by molar-refractivity contribution is 0.369. The fraction of sp³-hybridized carbons (Fsp3) is 0.667. The van der Waals surface area contributed by atoms with Crippen molar-refractivity contribution in [2.24, 2.45) is 11.7 Å². The lowest BCUT2D eigenvalue weighted by Gasteiger charge is -2.38. The summed E-state index contributed by atoms with van der Waals surface area (Å²) in [5, 5.41) is 0. The van der Waals surface area contributed by atoms with Crippen molar-refractivity contribution in [3.8, 4) is 5.88 Å². The van der Waals surface area contributed by atoms with E-state index in [4.69, 9.17) is 10.5 Å². The third-order valence-corrected chi connectivity index (χ3v) is 3.44. The fourth-order valence-corrected chi connectivity index (χ4v) is 2.29. The molecule has 1 aromatic rings. The first-order chi connectivity index (χ1) is 8.24. The van der Waals surface area contributed by atoms with Gasteiger partial charge in [0.15, 0.2) is 0 Å². The van der Waals surface area contributed by atoms with Crippen LogP contribution in [0.25, 0.3) is 0 Å². The van der Waals surface area contributed by atoms with Gasteiger partial charge in [-0.05, 0) is 32.2 Å². The number of hydrogen-bond donors (Lipinski definition) is 1. The maximum Gasteiger partial charge on any atom is 0.218 e. The summed E-state index contributed by atoms with van der Waals surface area (Å²) in [6.45, 7) is 3.94. The van der Waals surface area contributed by atoms with Gasteiger partial charge in [0.25, 0.3) is 0 Å². The number of ether oxygens (including phenoxy) is 1. The normalized spacial score (nSPS) is 24.8. The SMILES string of the molecule is COc1cc(N2CC(CN)CCC2C)ncn1. The Labute approximate surface area is 102 Å². The molecule has 2 unspecified atom stereocenters. The van der Waals surface area contributed by atoms with E-state index in [1.54, 1.807) is 13.4 Å². The van der Waals surface area contributed by atoms with E-state index in [1.807, 2.05) is 6.07 Å². The van der Waals surface area contributed by atoms with Crippen LogP contribution in [-0.4, -0.2) is 36.2 Å². The number of aromatic nitrogens is 2. The molecule has 2 N–H and O–H groups in total. The Morgan fingerprint density at radius 2 is 2.29 bits per heavy atom. The van der Waals surface area contributed by atoms with Gasteiger partial charge in [-0.2, -0.15) is 0 Å². The van der Waals surface area contributed by atoms with Crippen LogP contribution in [0, 0.1) is 5.92 Å². The zero-order valence-electron chi connectivity index (χ0n) is 10.5. The number of nitrogens with two attached hydrogens (primary N) is 1. The Morgan fingerprint density at radius 3 is 3.00 bits per heavy atom. The number of methoxy groups -OCH3 is 1. The minimum Gasteiger partial charge on any atom is -0.481 e. The molecule has 0 saturated carbocycles. The molecular weight excluding hydrogens is 216 g/mol. The Kier molecular flexibility index (Phi) is 3.78. The number of nitrogens with zero attached hydrogens (tertiary/aromatic N) is 3. The summed E-state index contributed by atoms with van der Waals surface area (Å²) in [4.78, 5) is 10.7. The Balaban J connectivity index is 2.18. The fourth-order valence-electron chi connectivity index (χ4n) is 2.29. The molecule has 0 aromatic carbocycles. The molecule has 0 amide bonds. The van der Waals surface area contributed by atoms with E-state index in [0.29, 0.717) is 17.8 Å². The molecule has 2 atom stereocenters. The van der Waals surface area contributed by atoms with E-state index in [-0.39, 0.29) is 0 Å². The maximum absolute atomic E-state index is 5.76. The Bertz CT molecular complexity index is 371. The summed E-state index contributed by atoms with van der Waals surface area (Å²) in [6.07, 6.45) is 3.91. The molecule has 17 heavy (non-hydrogen) atoms. The monoisotopic (exact) mass is 236 g/mol. The second-order valence-corrected chi connectivity index (χ2v) is 4.60. The average Bonchev–Trinajstić information content (AvgIpc) is 2.39. The smallest absolute Gasteiger partial charge is 0.218 e. The van der Waals surface area contributed by atoms with Crippen LogP contribution in [0.1, 0.15) is 19.8 Å². The molecule has 94 valence electrons. The number of anilines is 1. The zero-order chi connectivity index (χ0) is 12.3. The van der Waals surface area contributed by atoms with Crippen LogP contribution in [0.5, 0.6) is 5.88 Å². The van der Waals surface area contributed by atoms with Crippen molar-refractivity contribution in [2.75, 3.05) is 25.1 Å². The van der Waals surface area contributed by atoms with Crippen LogP contribution in [0.2, 0.25) is 0 Å². The van der Waals surface area contributed by atoms with Crippen molar-refractivity contribution in [3.63, 3.8) is 0 Å². The molecule has 1 aromatic heterocycles. The van der Waals surface area contributed by atoms with Crippen molar-refractivity contribution in [3.05, 3.63) is 12.4 Å². The summed E-state index contributed by atoms with van der Waals surface area (Å²) in [7, 11) is 1.62. The molecule has 5 nitrogen and oxygen atoms in total. The molecule has 1 saturated heterocycles. The first-order valence-electron chi connectivity index (χ1n) is 6.07. The van der Waals surface area contributed by atoms with Crippen molar-refractivity contribution in [1.29, 1.82) is 0 Å². The summed E-state index contributed by atoms with van der Waals surface area (Å²) >= 11 is 0.